The predicted octanol–water partition coefficient (Wildman–Crippen LogP) is 3.03. The van der Waals surface area contributed by atoms with E-state index < -0.39 is 17.8 Å². The third kappa shape index (κ3) is 3.30. The Balaban J connectivity index is 1.87. The molecule has 0 radical (unpaired) electrons. The van der Waals surface area contributed by atoms with E-state index in [9.17, 15) is 19.1 Å². The topological polar surface area (TPSA) is 78.9 Å². The smallest absolute Gasteiger partial charge is 0.333 e. The van der Waals surface area contributed by atoms with Crippen molar-refractivity contribution in [2.24, 2.45) is 0 Å². The first-order chi connectivity index (χ1) is 12.0. The molecule has 2 aromatic rings. The lowest BCUT2D eigenvalue weighted by Crippen LogP contribution is -2.30. The van der Waals surface area contributed by atoms with E-state index in [0.29, 0.717) is 17.9 Å². The maximum Gasteiger partial charge on any atom is 0.333 e. The molecule has 1 saturated heterocycles. The second-order valence-electron chi connectivity index (χ2n) is 5.27. The van der Waals surface area contributed by atoms with E-state index in [4.69, 9.17) is 4.74 Å². The van der Waals surface area contributed by atoms with Crippen molar-refractivity contribution < 1.29 is 23.8 Å². The van der Waals surface area contributed by atoms with E-state index >= 15 is 0 Å². The summed E-state index contributed by atoms with van der Waals surface area (Å²) in [6.45, 7) is 2.21. The first-order valence-electron chi connectivity index (χ1n) is 7.58. The molecule has 0 spiro atoms. The van der Waals surface area contributed by atoms with Crippen LogP contribution in [0.1, 0.15) is 12.5 Å². The molecule has 1 fully saturated rings. The minimum Gasteiger partial charge on any atom is -0.504 e. The molecule has 1 heterocycles. The van der Waals surface area contributed by atoms with Crippen LogP contribution in [0.25, 0.3) is 6.08 Å². The number of nitrogens with zero attached hydrogens (tertiary/aromatic N) is 1. The van der Waals surface area contributed by atoms with Crippen LogP contribution in [0.3, 0.4) is 0 Å². The molecule has 7 heteroatoms. The third-order valence-electron chi connectivity index (χ3n) is 3.56. The minimum atomic E-state index is -0.627. The third-order valence-corrected chi connectivity index (χ3v) is 3.56. The van der Waals surface area contributed by atoms with E-state index in [1.807, 2.05) is 0 Å². The molecule has 0 aromatic heterocycles. The summed E-state index contributed by atoms with van der Waals surface area (Å²) >= 11 is 0. The van der Waals surface area contributed by atoms with Crippen LogP contribution in [-0.2, 0) is 4.79 Å². The van der Waals surface area contributed by atoms with E-state index in [2.05, 4.69) is 5.32 Å². The number of nitrogens with one attached hydrogen (secondary N) is 1. The highest BCUT2D eigenvalue weighted by Crippen LogP contribution is 2.28. The van der Waals surface area contributed by atoms with Crippen molar-refractivity contribution >= 4 is 23.7 Å². The van der Waals surface area contributed by atoms with Crippen LogP contribution in [-0.4, -0.2) is 23.7 Å². The van der Waals surface area contributed by atoms with Gasteiger partial charge in [-0.05, 0) is 55.0 Å². The van der Waals surface area contributed by atoms with Crippen LogP contribution in [0.2, 0.25) is 0 Å². The molecular weight excluding hydrogens is 327 g/mol. The van der Waals surface area contributed by atoms with Crippen molar-refractivity contribution in [2.45, 2.75) is 6.92 Å². The summed E-state index contributed by atoms with van der Waals surface area (Å²) in [7, 11) is 0. The molecule has 0 aliphatic carbocycles. The van der Waals surface area contributed by atoms with Gasteiger partial charge in [0.1, 0.15) is 11.5 Å². The fraction of sp³-hybridized carbons (Fsp3) is 0.111. The van der Waals surface area contributed by atoms with Crippen LogP contribution >= 0.6 is 0 Å². The van der Waals surface area contributed by atoms with Gasteiger partial charge in [0, 0.05) is 0 Å². The largest absolute Gasteiger partial charge is 0.504 e. The summed E-state index contributed by atoms with van der Waals surface area (Å²) in [5.41, 5.74) is 0.838. The Labute approximate surface area is 143 Å². The van der Waals surface area contributed by atoms with E-state index in [0.717, 1.165) is 4.90 Å². The summed E-state index contributed by atoms with van der Waals surface area (Å²) in [6, 6.07) is 9.05. The van der Waals surface area contributed by atoms with Gasteiger partial charge >= 0.3 is 6.03 Å². The van der Waals surface area contributed by atoms with Gasteiger partial charge in [0.05, 0.1) is 12.3 Å². The number of carbonyl (C=O) groups is 2. The predicted molar refractivity (Wildman–Crippen MR) is 89.7 cm³/mol. The number of rotatable bonds is 4. The van der Waals surface area contributed by atoms with Crippen LogP contribution < -0.4 is 15.0 Å². The molecule has 0 saturated carbocycles. The number of carbonyl (C=O) groups excluding carboxylic acids is 2. The molecule has 25 heavy (non-hydrogen) atoms. The number of imide groups is 1. The number of benzene rings is 2. The lowest BCUT2D eigenvalue weighted by Gasteiger charge is -2.11. The number of phenolic OH excluding ortho intramolecular Hbond substituents is 1. The van der Waals surface area contributed by atoms with Crippen LogP contribution in [0.4, 0.5) is 14.9 Å². The Kier molecular flexibility index (Phi) is 4.38. The van der Waals surface area contributed by atoms with Gasteiger partial charge in [0.25, 0.3) is 5.91 Å². The number of hydrogen-bond acceptors (Lipinski definition) is 4. The van der Waals surface area contributed by atoms with Gasteiger partial charge in [-0.25, -0.2) is 14.1 Å². The zero-order valence-corrected chi connectivity index (χ0v) is 13.3. The lowest BCUT2D eigenvalue weighted by molar-refractivity contribution is -0.113. The zero-order valence-electron chi connectivity index (χ0n) is 13.3. The van der Waals surface area contributed by atoms with Crippen LogP contribution in [0.5, 0.6) is 11.5 Å². The molecule has 2 aromatic carbocycles. The molecule has 0 bridgehead atoms. The van der Waals surface area contributed by atoms with Gasteiger partial charge in [-0.2, -0.15) is 0 Å². The highest BCUT2D eigenvalue weighted by atomic mass is 19.1. The van der Waals surface area contributed by atoms with E-state index in [1.54, 1.807) is 19.1 Å². The van der Waals surface area contributed by atoms with Gasteiger partial charge in [0.15, 0.2) is 11.5 Å². The number of phenols is 1. The second-order valence-corrected chi connectivity index (χ2v) is 5.27. The number of anilines is 1. The maximum atomic E-state index is 13.0. The Morgan fingerprint density at radius 1 is 1.20 bits per heavy atom. The fourth-order valence-corrected chi connectivity index (χ4v) is 2.43. The highest BCUT2D eigenvalue weighted by Gasteiger charge is 2.34. The van der Waals surface area contributed by atoms with Gasteiger partial charge in [-0.15, -0.1) is 0 Å². The standard InChI is InChI=1S/C18H15FN2O4/c1-2-25-16-8-3-11(10-15(16)22)9-14-17(23)21(18(24)20-14)13-6-4-12(19)5-7-13/h3-10,22H,2H2,1H3,(H,20,24)/b14-9+. The van der Waals surface area contributed by atoms with Gasteiger partial charge < -0.3 is 15.2 Å². The zero-order chi connectivity index (χ0) is 18.0. The van der Waals surface area contributed by atoms with Gasteiger partial charge in [-0.1, -0.05) is 6.07 Å². The lowest BCUT2D eigenvalue weighted by atomic mass is 10.1. The molecule has 1 aliphatic heterocycles. The summed E-state index contributed by atoms with van der Waals surface area (Å²) in [5, 5.41) is 12.4. The van der Waals surface area contributed by atoms with Gasteiger partial charge in [0.2, 0.25) is 0 Å². The number of urea groups is 1. The minimum absolute atomic E-state index is 0.0536. The van der Waals surface area contributed by atoms with Crippen molar-refractivity contribution in [3.05, 3.63) is 59.5 Å². The van der Waals surface area contributed by atoms with Crippen molar-refractivity contribution in [3.8, 4) is 11.5 Å². The maximum absolute atomic E-state index is 13.0. The van der Waals surface area contributed by atoms with Crippen molar-refractivity contribution in [1.29, 1.82) is 0 Å². The van der Waals surface area contributed by atoms with Crippen molar-refractivity contribution in [2.75, 3.05) is 11.5 Å². The normalized spacial score (nSPS) is 15.6. The molecule has 1 aliphatic rings. The number of hydrogen-bond donors (Lipinski definition) is 2. The Morgan fingerprint density at radius 3 is 2.56 bits per heavy atom. The summed E-state index contributed by atoms with van der Waals surface area (Å²) < 4.78 is 18.2. The number of ether oxygens (including phenoxy) is 1. The van der Waals surface area contributed by atoms with Crippen molar-refractivity contribution in [3.63, 3.8) is 0 Å². The summed E-state index contributed by atoms with van der Waals surface area (Å²) in [4.78, 5) is 25.4. The Bertz CT molecular complexity index is 862. The van der Waals surface area contributed by atoms with E-state index in [-0.39, 0.29) is 17.1 Å². The highest BCUT2D eigenvalue weighted by molar-refractivity contribution is 6.28. The monoisotopic (exact) mass is 342 g/mol. The number of aromatic hydroxyl groups is 1. The average Bonchev–Trinajstić information content (AvgIpc) is 2.85. The first kappa shape index (κ1) is 16.5. The number of halogens is 1. The Morgan fingerprint density at radius 2 is 1.92 bits per heavy atom. The molecule has 0 atom stereocenters. The number of amides is 3. The average molecular weight is 342 g/mol. The van der Waals surface area contributed by atoms with Gasteiger partial charge in [-0.3, -0.25) is 4.79 Å². The molecule has 128 valence electrons. The molecule has 0 unspecified atom stereocenters. The second kappa shape index (κ2) is 6.64. The first-order valence-corrected chi connectivity index (χ1v) is 7.58. The van der Waals surface area contributed by atoms with E-state index in [1.165, 1.54) is 36.4 Å². The van der Waals surface area contributed by atoms with Crippen LogP contribution in [0.15, 0.2) is 48.2 Å². The Hall–Kier alpha value is -3.35. The quantitative estimate of drug-likeness (QED) is 0.661. The fourth-order valence-electron chi connectivity index (χ4n) is 2.43. The van der Waals surface area contributed by atoms with Crippen molar-refractivity contribution in [1.82, 2.24) is 5.32 Å². The van der Waals surface area contributed by atoms with Crippen LogP contribution in [0, 0.1) is 5.82 Å². The summed E-state index contributed by atoms with van der Waals surface area (Å²) in [6.07, 6.45) is 1.44. The molecule has 3 amide bonds. The molecular formula is C18H15FN2O4. The molecule has 2 N–H and O–H groups in total. The summed E-state index contributed by atoms with van der Waals surface area (Å²) in [5.74, 6) is -0.760. The molecule has 3 rings (SSSR count). The molecule has 6 nitrogen and oxygen atoms in total. The SMILES string of the molecule is CCOc1ccc(/C=C2/NC(=O)N(c3ccc(F)cc3)C2=O)cc1O.